The van der Waals surface area contributed by atoms with Gasteiger partial charge >= 0.3 is 0 Å². The Hall–Kier alpha value is -1.97. The summed E-state index contributed by atoms with van der Waals surface area (Å²) in [6.45, 7) is 1.01. The highest BCUT2D eigenvalue weighted by Crippen LogP contribution is 2.20. The van der Waals surface area contributed by atoms with Crippen LogP contribution in [0.3, 0.4) is 0 Å². The molecule has 2 saturated heterocycles. The molecule has 2 fully saturated rings. The van der Waals surface area contributed by atoms with Crippen LogP contribution in [0.5, 0.6) is 0 Å². The lowest BCUT2D eigenvalue weighted by molar-refractivity contribution is -0.139. The lowest BCUT2D eigenvalue weighted by atomic mass is 10.3. The molecule has 2 aliphatic heterocycles. The van der Waals surface area contributed by atoms with E-state index in [0.717, 1.165) is 4.90 Å². The second kappa shape index (κ2) is 7.95. The van der Waals surface area contributed by atoms with Crippen molar-refractivity contribution in [2.75, 3.05) is 32.7 Å². The molecule has 2 aliphatic rings. The Balaban J connectivity index is 1.53. The van der Waals surface area contributed by atoms with Crippen LogP contribution in [-0.4, -0.2) is 73.0 Å². The third-order valence-corrected chi connectivity index (χ3v) is 6.91. The Morgan fingerprint density at radius 3 is 2.07 bits per heavy atom. The fraction of sp³-hybridized carbons (Fsp3) is 0.471. The fourth-order valence-electron chi connectivity index (χ4n) is 3.17. The zero-order chi connectivity index (χ0) is 19.6. The molecule has 3 amide bonds. The molecule has 8 nitrogen and oxygen atoms in total. The van der Waals surface area contributed by atoms with Crippen LogP contribution in [-0.2, 0) is 24.4 Å². The van der Waals surface area contributed by atoms with Gasteiger partial charge < -0.3 is 4.90 Å². The molecular weight excluding hydrogens is 394 g/mol. The van der Waals surface area contributed by atoms with Crippen molar-refractivity contribution in [2.24, 2.45) is 0 Å². The number of sulfonamides is 1. The molecule has 3 rings (SSSR count). The minimum absolute atomic E-state index is 0.0570. The molecule has 146 valence electrons. The number of likely N-dealkylation sites (tertiary alicyclic amines) is 1. The highest BCUT2D eigenvalue weighted by Gasteiger charge is 2.32. The number of carbonyl (C=O) groups excluding carboxylic acids is 3. The number of imide groups is 1. The number of hydrogen-bond acceptors (Lipinski definition) is 5. The number of halogens is 1. The standard InChI is InChI=1S/C17H20ClN3O5S/c18-13-1-3-14(4-2-13)27(25,26)20-11-9-19(10-12-20)15(22)7-8-21-16(23)5-6-17(21)24/h1-4H,5-12H2. The third kappa shape index (κ3) is 4.31. The largest absolute Gasteiger partial charge is 0.340 e. The predicted octanol–water partition coefficient (Wildman–Crippen LogP) is 0.712. The summed E-state index contributed by atoms with van der Waals surface area (Å²) in [5.74, 6) is -0.676. The van der Waals surface area contributed by atoms with E-state index in [9.17, 15) is 22.8 Å². The van der Waals surface area contributed by atoms with Crippen LogP contribution < -0.4 is 0 Å². The number of piperazine rings is 1. The minimum Gasteiger partial charge on any atom is -0.340 e. The van der Waals surface area contributed by atoms with Gasteiger partial charge in [0.15, 0.2) is 0 Å². The molecule has 27 heavy (non-hydrogen) atoms. The number of nitrogens with zero attached hydrogens (tertiary/aromatic N) is 3. The van der Waals surface area contributed by atoms with Gasteiger partial charge in [0.1, 0.15) is 0 Å². The lowest BCUT2D eigenvalue weighted by Gasteiger charge is -2.34. The quantitative estimate of drug-likeness (QED) is 0.662. The smallest absolute Gasteiger partial charge is 0.243 e. The van der Waals surface area contributed by atoms with Crippen molar-refractivity contribution in [3.63, 3.8) is 0 Å². The Morgan fingerprint density at radius 1 is 0.963 bits per heavy atom. The molecule has 0 bridgehead atoms. The van der Waals surface area contributed by atoms with Crippen molar-refractivity contribution in [1.82, 2.24) is 14.1 Å². The molecule has 0 radical (unpaired) electrons. The molecule has 0 atom stereocenters. The van der Waals surface area contributed by atoms with E-state index in [0.29, 0.717) is 5.02 Å². The molecule has 0 aromatic heterocycles. The Morgan fingerprint density at radius 2 is 1.52 bits per heavy atom. The van der Waals surface area contributed by atoms with Gasteiger partial charge in [-0.3, -0.25) is 19.3 Å². The molecule has 1 aromatic rings. The monoisotopic (exact) mass is 413 g/mol. The minimum atomic E-state index is -3.63. The van der Waals surface area contributed by atoms with Crippen LogP contribution in [0, 0.1) is 0 Å². The van der Waals surface area contributed by atoms with Gasteiger partial charge in [-0.25, -0.2) is 8.42 Å². The van der Waals surface area contributed by atoms with Crippen molar-refractivity contribution in [3.05, 3.63) is 29.3 Å². The molecular formula is C17H20ClN3O5S. The van der Waals surface area contributed by atoms with Gasteiger partial charge in [-0.05, 0) is 24.3 Å². The van der Waals surface area contributed by atoms with Crippen LogP contribution in [0.15, 0.2) is 29.2 Å². The Labute approximate surface area is 162 Å². The van der Waals surface area contributed by atoms with E-state index < -0.39 is 10.0 Å². The molecule has 0 spiro atoms. The maximum Gasteiger partial charge on any atom is 0.243 e. The van der Waals surface area contributed by atoms with Crippen LogP contribution >= 0.6 is 11.6 Å². The summed E-state index contributed by atoms with van der Waals surface area (Å²) in [4.78, 5) is 38.3. The maximum absolute atomic E-state index is 12.6. The second-order valence-corrected chi connectivity index (χ2v) is 8.80. The summed E-state index contributed by atoms with van der Waals surface area (Å²) in [5.41, 5.74) is 0. The number of benzene rings is 1. The van der Waals surface area contributed by atoms with E-state index in [1.165, 1.54) is 28.6 Å². The Bertz CT molecular complexity index is 832. The molecule has 1 aromatic carbocycles. The predicted molar refractivity (Wildman–Crippen MR) is 97.4 cm³/mol. The summed E-state index contributed by atoms with van der Waals surface area (Å²) >= 11 is 5.80. The van der Waals surface area contributed by atoms with Crippen molar-refractivity contribution < 1.29 is 22.8 Å². The zero-order valence-electron chi connectivity index (χ0n) is 14.6. The second-order valence-electron chi connectivity index (χ2n) is 6.43. The first-order valence-corrected chi connectivity index (χ1v) is 10.5. The maximum atomic E-state index is 12.6. The van der Waals surface area contributed by atoms with Crippen molar-refractivity contribution >= 4 is 39.3 Å². The first-order valence-electron chi connectivity index (χ1n) is 8.66. The summed E-state index contributed by atoms with van der Waals surface area (Å²) in [6, 6.07) is 5.96. The van der Waals surface area contributed by atoms with Gasteiger partial charge in [0.2, 0.25) is 27.7 Å². The average Bonchev–Trinajstić information content (AvgIpc) is 2.98. The average molecular weight is 414 g/mol. The van der Waals surface area contributed by atoms with Gasteiger partial charge in [0.25, 0.3) is 0 Å². The van der Waals surface area contributed by atoms with E-state index in [-0.39, 0.29) is 74.6 Å². The topological polar surface area (TPSA) is 95.1 Å². The number of carbonyl (C=O) groups is 3. The zero-order valence-corrected chi connectivity index (χ0v) is 16.2. The van der Waals surface area contributed by atoms with Crippen LogP contribution in [0.4, 0.5) is 0 Å². The van der Waals surface area contributed by atoms with Gasteiger partial charge in [0, 0.05) is 57.0 Å². The summed E-state index contributed by atoms with van der Waals surface area (Å²) in [6.07, 6.45) is 0.462. The van der Waals surface area contributed by atoms with E-state index in [4.69, 9.17) is 11.6 Å². The van der Waals surface area contributed by atoms with Crippen LogP contribution in [0.2, 0.25) is 5.02 Å². The van der Waals surface area contributed by atoms with E-state index in [1.807, 2.05) is 0 Å². The lowest BCUT2D eigenvalue weighted by Crippen LogP contribution is -2.51. The van der Waals surface area contributed by atoms with E-state index >= 15 is 0 Å². The van der Waals surface area contributed by atoms with Gasteiger partial charge in [0.05, 0.1) is 4.90 Å². The van der Waals surface area contributed by atoms with Gasteiger partial charge in [-0.1, -0.05) is 11.6 Å². The number of amides is 3. The van der Waals surface area contributed by atoms with Crippen LogP contribution in [0.25, 0.3) is 0 Å². The number of hydrogen-bond donors (Lipinski definition) is 0. The molecule has 10 heteroatoms. The number of rotatable bonds is 5. The van der Waals surface area contributed by atoms with Gasteiger partial charge in [-0.15, -0.1) is 0 Å². The first kappa shape index (κ1) is 19.8. The fourth-order valence-corrected chi connectivity index (χ4v) is 4.72. The van der Waals surface area contributed by atoms with Crippen molar-refractivity contribution in [1.29, 1.82) is 0 Å². The van der Waals surface area contributed by atoms with Crippen molar-refractivity contribution in [3.8, 4) is 0 Å². The van der Waals surface area contributed by atoms with E-state index in [1.54, 1.807) is 4.90 Å². The highest BCUT2D eigenvalue weighted by molar-refractivity contribution is 7.89. The molecule has 2 heterocycles. The van der Waals surface area contributed by atoms with Gasteiger partial charge in [-0.2, -0.15) is 4.31 Å². The van der Waals surface area contributed by atoms with Crippen molar-refractivity contribution in [2.45, 2.75) is 24.2 Å². The molecule has 0 saturated carbocycles. The SMILES string of the molecule is O=C(CCN1C(=O)CCC1=O)N1CCN(S(=O)(=O)c2ccc(Cl)cc2)CC1. The summed E-state index contributed by atoms with van der Waals surface area (Å²) in [5, 5.41) is 0.458. The summed E-state index contributed by atoms with van der Waals surface area (Å²) in [7, 11) is -3.63. The molecule has 0 unspecified atom stereocenters. The van der Waals surface area contributed by atoms with Crippen LogP contribution in [0.1, 0.15) is 19.3 Å². The molecule has 0 aliphatic carbocycles. The normalized spacial score (nSPS) is 19.0. The van der Waals surface area contributed by atoms with E-state index in [2.05, 4.69) is 0 Å². The Kier molecular flexibility index (Phi) is 5.83. The first-order chi connectivity index (χ1) is 12.8. The third-order valence-electron chi connectivity index (χ3n) is 4.75. The summed E-state index contributed by atoms with van der Waals surface area (Å²) < 4.78 is 26.6. The molecule has 0 N–H and O–H groups in total. The highest BCUT2D eigenvalue weighted by atomic mass is 35.5.